The molecule has 22 heavy (non-hydrogen) atoms. The first-order valence-corrected chi connectivity index (χ1v) is 7.35. The van der Waals surface area contributed by atoms with E-state index < -0.39 is 5.97 Å². The smallest absolute Gasteiger partial charge is 0.337 e. The van der Waals surface area contributed by atoms with E-state index in [1.807, 2.05) is 0 Å². The van der Waals surface area contributed by atoms with Crippen molar-refractivity contribution in [2.24, 2.45) is 0 Å². The third kappa shape index (κ3) is 2.56. The van der Waals surface area contributed by atoms with Gasteiger partial charge in [-0.2, -0.15) is 0 Å². The SMILES string of the molecule is COC(=O)c1ccc(CN2CC(=O)N3CCCC3C2=O)cc1. The molecule has 6 heteroatoms. The lowest BCUT2D eigenvalue weighted by Gasteiger charge is -2.36. The van der Waals surface area contributed by atoms with Crippen LogP contribution in [0.5, 0.6) is 0 Å². The van der Waals surface area contributed by atoms with Crippen molar-refractivity contribution in [2.45, 2.75) is 25.4 Å². The molecular formula is C16H18N2O4. The minimum absolute atomic E-state index is 0.0216. The second-order valence-corrected chi connectivity index (χ2v) is 5.63. The molecule has 1 unspecified atom stereocenters. The third-order valence-corrected chi connectivity index (χ3v) is 4.24. The van der Waals surface area contributed by atoms with Gasteiger partial charge in [0.05, 0.1) is 12.7 Å². The van der Waals surface area contributed by atoms with Crippen molar-refractivity contribution in [3.05, 3.63) is 35.4 Å². The molecule has 116 valence electrons. The highest BCUT2D eigenvalue weighted by Crippen LogP contribution is 2.24. The summed E-state index contributed by atoms with van der Waals surface area (Å²) in [7, 11) is 1.33. The Hall–Kier alpha value is -2.37. The molecule has 2 saturated heterocycles. The van der Waals surface area contributed by atoms with E-state index in [1.54, 1.807) is 34.1 Å². The maximum atomic E-state index is 12.4. The fourth-order valence-corrected chi connectivity index (χ4v) is 3.08. The summed E-state index contributed by atoms with van der Waals surface area (Å²) in [5.74, 6) is -0.347. The third-order valence-electron chi connectivity index (χ3n) is 4.24. The highest BCUT2D eigenvalue weighted by atomic mass is 16.5. The van der Waals surface area contributed by atoms with Crippen molar-refractivity contribution < 1.29 is 19.1 Å². The van der Waals surface area contributed by atoms with E-state index in [0.717, 1.165) is 18.4 Å². The summed E-state index contributed by atoms with van der Waals surface area (Å²) in [5.41, 5.74) is 1.36. The second kappa shape index (κ2) is 5.79. The van der Waals surface area contributed by atoms with Gasteiger partial charge in [0.2, 0.25) is 11.8 Å². The normalized spacial score (nSPS) is 21.0. The fraction of sp³-hybridized carbons (Fsp3) is 0.438. The Bertz CT molecular complexity index is 611. The van der Waals surface area contributed by atoms with E-state index >= 15 is 0 Å². The first-order valence-electron chi connectivity index (χ1n) is 7.35. The molecule has 0 radical (unpaired) electrons. The number of benzene rings is 1. The fourth-order valence-electron chi connectivity index (χ4n) is 3.08. The summed E-state index contributed by atoms with van der Waals surface area (Å²) in [5, 5.41) is 0. The molecule has 1 atom stereocenters. The molecule has 2 fully saturated rings. The van der Waals surface area contributed by atoms with Gasteiger partial charge < -0.3 is 14.5 Å². The van der Waals surface area contributed by atoms with Crippen molar-refractivity contribution in [3.63, 3.8) is 0 Å². The predicted molar refractivity (Wildman–Crippen MR) is 77.9 cm³/mol. The minimum atomic E-state index is -0.391. The molecule has 2 aliphatic heterocycles. The van der Waals surface area contributed by atoms with Crippen LogP contribution < -0.4 is 0 Å². The Balaban J connectivity index is 1.71. The van der Waals surface area contributed by atoms with Crippen molar-refractivity contribution >= 4 is 17.8 Å². The van der Waals surface area contributed by atoms with Gasteiger partial charge in [-0.3, -0.25) is 9.59 Å². The van der Waals surface area contributed by atoms with Gasteiger partial charge >= 0.3 is 5.97 Å². The number of esters is 1. The summed E-state index contributed by atoms with van der Waals surface area (Å²) < 4.78 is 4.65. The number of hydrogen-bond acceptors (Lipinski definition) is 4. The minimum Gasteiger partial charge on any atom is -0.465 e. The first kappa shape index (κ1) is 14.6. The van der Waals surface area contributed by atoms with Gasteiger partial charge in [0.15, 0.2) is 0 Å². The maximum Gasteiger partial charge on any atom is 0.337 e. The van der Waals surface area contributed by atoms with E-state index in [1.165, 1.54) is 7.11 Å². The molecule has 2 heterocycles. The number of nitrogens with zero attached hydrogens (tertiary/aromatic N) is 2. The average molecular weight is 302 g/mol. The van der Waals surface area contributed by atoms with Gasteiger partial charge in [0.25, 0.3) is 0 Å². The Labute approximate surface area is 128 Å². The Morgan fingerprint density at radius 2 is 2.00 bits per heavy atom. The van der Waals surface area contributed by atoms with E-state index in [4.69, 9.17) is 0 Å². The molecule has 6 nitrogen and oxygen atoms in total. The zero-order valence-electron chi connectivity index (χ0n) is 12.4. The molecule has 0 aliphatic carbocycles. The highest BCUT2D eigenvalue weighted by molar-refractivity contribution is 5.95. The van der Waals surface area contributed by atoms with Gasteiger partial charge in [0.1, 0.15) is 12.6 Å². The average Bonchev–Trinajstić information content (AvgIpc) is 3.03. The van der Waals surface area contributed by atoms with Gasteiger partial charge in [0, 0.05) is 13.1 Å². The molecular weight excluding hydrogens is 284 g/mol. The topological polar surface area (TPSA) is 66.9 Å². The number of piperazine rings is 1. The Kier molecular flexibility index (Phi) is 3.83. The van der Waals surface area contributed by atoms with E-state index in [2.05, 4.69) is 4.74 Å². The number of ether oxygens (including phenoxy) is 1. The predicted octanol–water partition coefficient (Wildman–Crippen LogP) is 0.806. The van der Waals surface area contributed by atoms with Crippen molar-refractivity contribution in [2.75, 3.05) is 20.2 Å². The van der Waals surface area contributed by atoms with Crippen LogP contribution in [0.4, 0.5) is 0 Å². The van der Waals surface area contributed by atoms with Crippen molar-refractivity contribution in [1.29, 1.82) is 0 Å². The van der Waals surface area contributed by atoms with E-state index in [0.29, 0.717) is 18.7 Å². The number of hydrogen-bond donors (Lipinski definition) is 0. The zero-order chi connectivity index (χ0) is 15.7. The standard InChI is InChI=1S/C16H18N2O4/c1-22-16(21)12-6-4-11(5-7-12)9-17-10-14(19)18-8-2-3-13(18)15(17)20/h4-7,13H,2-3,8-10H2,1H3. The summed E-state index contributed by atoms with van der Waals surface area (Å²) in [6.07, 6.45) is 1.65. The quantitative estimate of drug-likeness (QED) is 0.775. The van der Waals surface area contributed by atoms with Crippen LogP contribution in [-0.4, -0.2) is 53.8 Å². The van der Waals surface area contributed by atoms with E-state index in [-0.39, 0.29) is 24.4 Å². The largest absolute Gasteiger partial charge is 0.465 e. The first-order chi connectivity index (χ1) is 10.6. The number of methoxy groups -OCH3 is 1. The lowest BCUT2D eigenvalue weighted by Crippen LogP contribution is -2.56. The summed E-state index contributed by atoms with van der Waals surface area (Å²) in [6.45, 7) is 1.21. The van der Waals surface area contributed by atoms with Crippen LogP contribution in [0, 0.1) is 0 Å². The van der Waals surface area contributed by atoms with Crippen LogP contribution in [0.1, 0.15) is 28.8 Å². The summed E-state index contributed by atoms with van der Waals surface area (Å²) in [4.78, 5) is 39.2. The van der Waals surface area contributed by atoms with Crippen molar-refractivity contribution in [1.82, 2.24) is 9.80 Å². The molecule has 2 aliphatic rings. The van der Waals surface area contributed by atoms with Crippen LogP contribution in [0.3, 0.4) is 0 Å². The number of rotatable bonds is 3. The molecule has 3 rings (SSSR count). The highest BCUT2D eigenvalue weighted by Gasteiger charge is 2.41. The Morgan fingerprint density at radius 3 is 2.68 bits per heavy atom. The molecule has 1 aromatic rings. The van der Waals surface area contributed by atoms with Crippen LogP contribution in [0.25, 0.3) is 0 Å². The molecule has 2 amide bonds. The van der Waals surface area contributed by atoms with Crippen LogP contribution >= 0.6 is 0 Å². The molecule has 0 bridgehead atoms. The lowest BCUT2D eigenvalue weighted by atomic mass is 10.1. The number of carbonyl (C=O) groups is 3. The molecule has 0 N–H and O–H groups in total. The molecule has 0 saturated carbocycles. The molecule has 0 spiro atoms. The molecule has 1 aromatic carbocycles. The summed E-state index contributed by atoms with van der Waals surface area (Å²) in [6, 6.07) is 6.62. The number of amides is 2. The van der Waals surface area contributed by atoms with Gasteiger partial charge in [-0.15, -0.1) is 0 Å². The van der Waals surface area contributed by atoms with E-state index in [9.17, 15) is 14.4 Å². The summed E-state index contributed by atoms with van der Waals surface area (Å²) >= 11 is 0. The van der Waals surface area contributed by atoms with Crippen LogP contribution in [0.2, 0.25) is 0 Å². The lowest BCUT2D eigenvalue weighted by molar-refractivity contribution is -0.154. The van der Waals surface area contributed by atoms with Gasteiger partial charge in [-0.1, -0.05) is 12.1 Å². The molecule has 0 aromatic heterocycles. The van der Waals surface area contributed by atoms with Gasteiger partial charge in [-0.25, -0.2) is 4.79 Å². The monoisotopic (exact) mass is 302 g/mol. The van der Waals surface area contributed by atoms with Crippen molar-refractivity contribution in [3.8, 4) is 0 Å². The maximum absolute atomic E-state index is 12.4. The Morgan fingerprint density at radius 1 is 1.27 bits per heavy atom. The number of carbonyl (C=O) groups excluding carboxylic acids is 3. The van der Waals surface area contributed by atoms with Gasteiger partial charge in [-0.05, 0) is 30.5 Å². The second-order valence-electron chi connectivity index (χ2n) is 5.63. The van der Waals surface area contributed by atoms with Crippen LogP contribution in [0.15, 0.2) is 24.3 Å². The zero-order valence-corrected chi connectivity index (χ0v) is 12.4. The van der Waals surface area contributed by atoms with Crippen LogP contribution in [-0.2, 0) is 20.9 Å². The number of fused-ring (bicyclic) bond motifs is 1.